The molecule has 70 heavy (non-hydrogen) atoms. The van der Waals surface area contributed by atoms with Crippen molar-refractivity contribution in [2.45, 2.75) is 96.8 Å². The maximum Gasteiger partial charge on any atom is 0.0726 e. The van der Waals surface area contributed by atoms with E-state index >= 15 is 0 Å². The van der Waals surface area contributed by atoms with Crippen LogP contribution in [0, 0.1) is 13.8 Å². The highest BCUT2D eigenvalue weighted by atomic mass is 15.1. The molecular weight excluding hydrogens is 843 g/mol. The lowest BCUT2D eigenvalue weighted by molar-refractivity contribution is 0.556. The lowest BCUT2D eigenvalue weighted by Gasteiger charge is -2.32. The van der Waals surface area contributed by atoms with Gasteiger partial charge < -0.3 is 4.90 Å². The zero-order valence-electron chi connectivity index (χ0n) is 41.4. The number of aryl methyl sites for hydroxylation is 3. The molecule has 0 saturated heterocycles. The summed E-state index contributed by atoms with van der Waals surface area (Å²) in [4.78, 5) is 2.45. The van der Waals surface area contributed by atoms with Gasteiger partial charge in [-0.25, -0.2) is 0 Å². The number of unbranched alkanes of at least 4 members (excludes halogenated alkanes) is 9. The van der Waals surface area contributed by atoms with Crippen molar-refractivity contribution < 1.29 is 0 Å². The molecule has 9 aromatic rings. The van der Waals surface area contributed by atoms with Crippen LogP contribution >= 0.6 is 0 Å². The minimum absolute atomic E-state index is 0.421. The summed E-state index contributed by atoms with van der Waals surface area (Å²) in [7, 11) is 0. The summed E-state index contributed by atoms with van der Waals surface area (Å²) < 4.78 is 0. The number of nitrogens with zero attached hydrogens (tertiary/aromatic N) is 1. The van der Waals surface area contributed by atoms with Crippen molar-refractivity contribution in [1.29, 1.82) is 0 Å². The standard InChI is InChI=1S/C69H65N/c1-4-5-6-7-8-9-10-11-12-14-23-51-44-49(2)45-56(46-51)55-33-32-50(3)64(47-55)54-36-40-58(41-37-54)70(57-38-34-53(35-39-57)52-24-15-13-16-25-52)59-42-43-63-62-28-19-22-31-67(62)69(68(63)48-59)65-29-20-17-26-60(65)61-27-18-21-30-66(61)69/h13,15-22,24-48H,4-12,14,23H2,1-3H3. The average molecular weight is 908 g/mol. The van der Waals surface area contributed by atoms with Crippen molar-refractivity contribution in [1.82, 2.24) is 0 Å². The van der Waals surface area contributed by atoms with Gasteiger partial charge in [-0.05, 0) is 158 Å². The molecule has 11 rings (SSSR count). The summed E-state index contributed by atoms with van der Waals surface area (Å²) in [5.74, 6) is 0. The van der Waals surface area contributed by atoms with Crippen LogP contribution in [0.3, 0.4) is 0 Å². The number of hydrogen-bond acceptors (Lipinski definition) is 1. The number of benzene rings is 9. The van der Waals surface area contributed by atoms with Gasteiger partial charge in [0, 0.05) is 17.1 Å². The fourth-order valence-electron chi connectivity index (χ4n) is 12.0. The van der Waals surface area contributed by atoms with Crippen molar-refractivity contribution in [2.75, 3.05) is 4.90 Å². The zero-order valence-corrected chi connectivity index (χ0v) is 41.4. The van der Waals surface area contributed by atoms with E-state index in [1.807, 2.05) is 0 Å². The molecule has 2 aliphatic carbocycles. The highest BCUT2D eigenvalue weighted by molar-refractivity contribution is 5.96. The minimum Gasteiger partial charge on any atom is -0.310 e. The molecule has 0 atom stereocenters. The Kier molecular flexibility index (Phi) is 12.9. The Hall–Kier alpha value is -7.22. The van der Waals surface area contributed by atoms with Gasteiger partial charge in [-0.2, -0.15) is 0 Å². The predicted molar refractivity (Wildman–Crippen MR) is 299 cm³/mol. The second-order valence-corrected chi connectivity index (χ2v) is 20.1. The smallest absolute Gasteiger partial charge is 0.0726 e. The number of rotatable bonds is 17. The summed E-state index contributed by atoms with van der Waals surface area (Å²) in [6, 6.07) is 77.8. The first-order valence-electron chi connectivity index (χ1n) is 26.2. The molecule has 0 aromatic heterocycles. The maximum absolute atomic E-state index is 2.49. The second kappa shape index (κ2) is 20.0. The zero-order chi connectivity index (χ0) is 47.4. The fourth-order valence-corrected chi connectivity index (χ4v) is 12.0. The molecule has 0 saturated carbocycles. The van der Waals surface area contributed by atoms with Crippen LogP contribution < -0.4 is 4.90 Å². The van der Waals surface area contributed by atoms with E-state index in [-0.39, 0.29) is 0 Å². The third kappa shape index (κ3) is 8.51. The lowest BCUT2D eigenvalue weighted by atomic mass is 9.70. The molecule has 0 fully saturated rings. The molecular formula is C69H65N. The van der Waals surface area contributed by atoms with Gasteiger partial charge >= 0.3 is 0 Å². The van der Waals surface area contributed by atoms with E-state index in [9.17, 15) is 0 Å². The first-order valence-corrected chi connectivity index (χ1v) is 26.2. The molecule has 346 valence electrons. The van der Waals surface area contributed by atoms with Crippen LogP contribution in [0.4, 0.5) is 17.1 Å². The quantitative estimate of drug-likeness (QED) is 0.0823. The lowest BCUT2D eigenvalue weighted by Crippen LogP contribution is -2.26. The Labute approximate surface area is 417 Å². The highest BCUT2D eigenvalue weighted by Crippen LogP contribution is 2.63. The Morgan fingerprint density at radius 1 is 0.329 bits per heavy atom. The van der Waals surface area contributed by atoms with E-state index in [0.717, 1.165) is 23.5 Å². The van der Waals surface area contributed by atoms with Gasteiger partial charge in [-0.3, -0.25) is 0 Å². The molecule has 0 radical (unpaired) electrons. The van der Waals surface area contributed by atoms with Crippen molar-refractivity contribution in [3.63, 3.8) is 0 Å². The first-order chi connectivity index (χ1) is 34.5. The molecule has 1 heteroatoms. The topological polar surface area (TPSA) is 3.24 Å². The van der Waals surface area contributed by atoms with Gasteiger partial charge in [0.15, 0.2) is 0 Å². The average Bonchev–Trinajstić information content (AvgIpc) is 3.87. The van der Waals surface area contributed by atoms with Crippen LogP contribution in [0.5, 0.6) is 0 Å². The van der Waals surface area contributed by atoms with E-state index in [0.29, 0.717) is 0 Å². The maximum atomic E-state index is 2.49. The van der Waals surface area contributed by atoms with Crippen LogP contribution in [0.25, 0.3) is 55.6 Å². The van der Waals surface area contributed by atoms with Crippen LogP contribution in [0.15, 0.2) is 206 Å². The summed E-state index contributed by atoms with van der Waals surface area (Å²) in [5.41, 5.74) is 25.2. The predicted octanol–water partition coefficient (Wildman–Crippen LogP) is 19.6. The van der Waals surface area contributed by atoms with Gasteiger partial charge in [0.25, 0.3) is 0 Å². The Balaban J connectivity index is 0.928. The van der Waals surface area contributed by atoms with Crippen molar-refractivity contribution in [3.05, 3.63) is 245 Å². The molecule has 1 spiro atoms. The fraction of sp³-hybridized carbons (Fsp3) is 0.217. The van der Waals surface area contributed by atoms with Crippen LogP contribution in [0.1, 0.15) is 110 Å². The van der Waals surface area contributed by atoms with Crippen molar-refractivity contribution in [3.8, 4) is 55.6 Å². The molecule has 9 aromatic carbocycles. The molecule has 0 aliphatic heterocycles. The third-order valence-electron chi connectivity index (χ3n) is 15.4. The van der Waals surface area contributed by atoms with E-state index in [1.54, 1.807) is 0 Å². The van der Waals surface area contributed by atoms with Crippen LogP contribution in [-0.2, 0) is 11.8 Å². The van der Waals surface area contributed by atoms with Gasteiger partial charge in [-0.15, -0.1) is 0 Å². The molecule has 1 nitrogen and oxygen atoms in total. The van der Waals surface area contributed by atoms with E-state index in [4.69, 9.17) is 0 Å². The minimum atomic E-state index is -0.421. The van der Waals surface area contributed by atoms with E-state index in [2.05, 4.69) is 232 Å². The van der Waals surface area contributed by atoms with Crippen molar-refractivity contribution in [2.24, 2.45) is 0 Å². The van der Waals surface area contributed by atoms with Crippen LogP contribution in [-0.4, -0.2) is 0 Å². The molecule has 0 heterocycles. The number of hydrogen-bond donors (Lipinski definition) is 0. The summed E-state index contributed by atoms with van der Waals surface area (Å²) in [6.45, 7) is 6.80. The summed E-state index contributed by atoms with van der Waals surface area (Å²) >= 11 is 0. The highest BCUT2D eigenvalue weighted by Gasteiger charge is 2.51. The van der Waals surface area contributed by atoms with Gasteiger partial charge in [0.05, 0.1) is 5.41 Å². The summed E-state index contributed by atoms with van der Waals surface area (Å²) in [5, 5.41) is 0. The number of fused-ring (bicyclic) bond motifs is 10. The Morgan fingerprint density at radius 2 is 0.814 bits per heavy atom. The SMILES string of the molecule is CCCCCCCCCCCCc1cc(C)cc(-c2ccc(C)c(-c3ccc(N(c4ccc(-c5ccccc5)cc4)c4ccc5c(c4)C4(c6ccccc6-c6ccccc64)c4ccccc4-5)cc3)c2)c1. The monoisotopic (exact) mass is 908 g/mol. The second-order valence-electron chi connectivity index (χ2n) is 20.1. The molecule has 2 aliphatic rings. The molecule has 0 bridgehead atoms. The molecule has 0 amide bonds. The number of anilines is 3. The van der Waals surface area contributed by atoms with E-state index in [1.165, 1.54) is 159 Å². The van der Waals surface area contributed by atoms with E-state index < -0.39 is 5.41 Å². The summed E-state index contributed by atoms with van der Waals surface area (Å²) in [6.07, 6.45) is 14.8. The van der Waals surface area contributed by atoms with Crippen molar-refractivity contribution >= 4 is 17.1 Å². The Morgan fingerprint density at radius 3 is 1.41 bits per heavy atom. The molecule has 0 N–H and O–H groups in total. The Bertz CT molecular complexity index is 3200. The van der Waals surface area contributed by atoms with Crippen LogP contribution in [0.2, 0.25) is 0 Å². The molecule has 0 unspecified atom stereocenters. The van der Waals surface area contributed by atoms with Gasteiger partial charge in [-0.1, -0.05) is 234 Å². The normalized spacial score (nSPS) is 12.7. The van der Waals surface area contributed by atoms with Gasteiger partial charge in [0.1, 0.15) is 0 Å². The first kappa shape index (κ1) is 45.2. The third-order valence-corrected chi connectivity index (χ3v) is 15.4. The van der Waals surface area contributed by atoms with Gasteiger partial charge in [0.2, 0.25) is 0 Å². The largest absolute Gasteiger partial charge is 0.310 e.